The Balaban J connectivity index is 2.23. The average molecular weight is 258 g/mol. The highest BCUT2D eigenvalue weighted by molar-refractivity contribution is 6.01. The number of aryl methyl sites for hydroxylation is 1. The lowest BCUT2D eigenvalue weighted by atomic mass is 10.2. The van der Waals surface area contributed by atoms with Crippen molar-refractivity contribution >= 4 is 17.0 Å². The number of fused-ring (bicyclic) bond motifs is 1. The number of aromatic carboxylic acids is 1. The number of carboxylic acid groups (broad SMARTS) is 1. The van der Waals surface area contributed by atoms with Gasteiger partial charge in [-0.25, -0.2) is 9.78 Å². The second kappa shape index (κ2) is 4.37. The number of rotatable bonds is 4. The molecule has 0 saturated heterocycles. The molecule has 0 radical (unpaired) electrons. The minimum Gasteiger partial charge on any atom is -0.478 e. The summed E-state index contributed by atoms with van der Waals surface area (Å²) in [5, 5.41) is 9.27. The molecular formula is C15H18N2O2. The lowest BCUT2D eigenvalue weighted by Crippen LogP contribution is -2.02. The molecule has 2 aromatic rings. The molecule has 1 aromatic heterocycles. The van der Waals surface area contributed by atoms with Crippen molar-refractivity contribution in [2.75, 3.05) is 0 Å². The Hall–Kier alpha value is -1.84. The summed E-state index contributed by atoms with van der Waals surface area (Å²) >= 11 is 0. The molecule has 1 aromatic carbocycles. The smallest absolute Gasteiger partial charge is 0.337 e. The molecule has 1 aliphatic carbocycles. The van der Waals surface area contributed by atoms with Gasteiger partial charge in [-0.05, 0) is 30.9 Å². The van der Waals surface area contributed by atoms with Gasteiger partial charge in [0, 0.05) is 12.5 Å². The van der Waals surface area contributed by atoms with Crippen LogP contribution < -0.4 is 0 Å². The van der Waals surface area contributed by atoms with Crippen LogP contribution in [0, 0.1) is 5.92 Å². The molecule has 100 valence electrons. The quantitative estimate of drug-likeness (QED) is 0.915. The molecular weight excluding hydrogens is 240 g/mol. The second-order valence-corrected chi connectivity index (χ2v) is 5.41. The van der Waals surface area contributed by atoms with Gasteiger partial charge >= 0.3 is 5.97 Å². The summed E-state index contributed by atoms with van der Waals surface area (Å²) in [7, 11) is 0. The zero-order valence-corrected chi connectivity index (χ0v) is 11.3. The fourth-order valence-corrected chi connectivity index (χ4v) is 2.77. The molecule has 0 aliphatic heterocycles. The van der Waals surface area contributed by atoms with Crippen LogP contribution in [0.15, 0.2) is 18.2 Å². The predicted molar refractivity (Wildman–Crippen MR) is 73.5 cm³/mol. The van der Waals surface area contributed by atoms with Crippen LogP contribution in [0.4, 0.5) is 0 Å². The van der Waals surface area contributed by atoms with Gasteiger partial charge in [-0.15, -0.1) is 0 Å². The Kier molecular flexibility index (Phi) is 2.81. The molecule has 3 rings (SSSR count). The number of aromatic nitrogens is 2. The van der Waals surface area contributed by atoms with Gasteiger partial charge in [0.15, 0.2) is 0 Å². The average Bonchev–Trinajstić information content (AvgIpc) is 2.97. The molecule has 4 nitrogen and oxygen atoms in total. The third kappa shape index (κ3) is 1.91. The van der Waals surface area contributed by atoms with Crippen molar-refractivity contribution in [3.05, 3.63) is 29.6 Å². The highest BCUT2D eigenvalue weighted by atomic mass is 16.4. The van der Waals surface area contributed by atoms with Gasteiger partial charge in [-0.3, -0.25) is 0 Å². The van der Waals surface area contributed by atoms with Gasteiger partial charge in [0.1, 0.15) is 11.3 Å². The van der Waals surface area contributed by atoms with Crippen LogP contribution in [0.5, 0.6) is 0 Å². The molecule has 1 aliphatic rings. The van der Waals surface area contributed by atoms with Crippen LogP contribution in [-0.4, -0.2) is 20.6 Å². The summed E-state index contributed by atoms with van der Waals surface area (Å²) in [5.41, 5.74) is 1.91. The summed E-state index contributed by atoms with van der Waals surface area (Å²) < 4.78 is 2.26. The summed E-state index contributed by atoms with van der Waals surface area (Å²) in [5.74, 6) is 0.796. The molecule has 0 bridgehead atoms. The van der Waals surface area contributed by atoms with E-state index in [2.05, 4.69) is 23.4 Å². The molecule has 0 amide bonds. The van der Waals surface area contributed by atoms with E-state index in [1.165, 1.54) is 6.42 Å². The van der Waals surface area contributed by atoms with E-state index in [4.69, 9.17) is 0 Å². The van der Waals surface area contributed by atoms with E-state index in [0.29, 0.717) is 23.0 Å². The van der Waals surface area contributed by atoms with Crippen molar-refractivity contribution < 1.29 is 9.90 Å². The van der Waals surface area contributed by atoms with Crippen molar-refractivity contribution in [1.29, 1.82) is 0 Å². The molecule has 1 saturated carbocycles. The van der Waals surface area contributed by atoms with E-state index in [-0.39, 0.29) is 0 Å². The largest absolute Gasteiger partial charge is 0.478 e. The Morgan fingerprint density at radius 3 is 2.84 bits per heavy atom. The summed E-state index contributed by atoms with van der Waals surface area (Å²) in [6.07, 6.45) is 3.09. The first-order valence-corrected chi connectivity index (χ1v) is 6.86. The number of para-hydroxylation sites is 1. The Morgan fingerprint density at radius 2 is 2.26 bits per heavy atom. The van der Waals surface area contributed by atoms with Gasteiger partial charge in [-0.1, -0.05) is 19.9 Å². The van der Waals surface area contributed by atoms with Crippen molar-refractivity contribution in [2.24, 2.45) is 5.92 Å². The predicted octanol–water partition coefficient (Wildman–Crippen LogP) is 3.27. The van der Waals surface area contributed by atoms with Crippen LogP contribution in [0.25, 0.3) is 11.0 Å². The molecule has 4 heteroatoms. The minimum absolute atomic E-state index is 0.307. The van der Waals surface area contributed by atoms with Gasteiger partial charge < -0.3 is 9.67 Å². The molecule has 1 N–H and O–H groups in total. The number of carboxylic acids is 1. The Labute approximate surface area is 112 Å². The fourth-order valence-electron chi connectivity index (χ4n) is 2.77. The maximum Gasteiger partial charge on any atom is 0.337 e. The van der Waals surface area contributed by atoms with Crippen LogP contribution in [0.3, 0.4) is 0 Å². The summed E-state index contributed by atoms with van der Waals surface area (Å²) in [6.45, 7) is 4.35. The van der Waals surface area contributed by atoms with Gasteiger partial charge in [-0.2, -0.15) is 0 Å². The van der Waals surface area contributed by atoms with Gasteiger partial charge in [0.25, 0.3) is 0 Å². The second-order valence-electron chi connectivity index (χ2n) is 5.41. The topological polar surface area (TPSA) is 55.1 Å². The third-order valence-corrected chi connectivity index (χ3v) is 3.90. The zero-order valence-electron chi connectivity index (χ0n) is 11.3. The molecule has 1 heterocycles. The first kappa shape index (κ1) is 12.2. The number of carbonyl (C=O) groups is 1. The molecule has 2 atom stereocenters. The SMILES string of the molecule is CCCc1nc2c(C(=O)O)cccc2n1C1CC1C. The summed E-state index contributed by atoms with van der Waals surface area (Å²) in [6, 6.07) is 5.93. The Morgan fingerprint density at radius 1 is 1.53 bits per heavy atom. The third-order valence-electron chi connectivity index (χ3n) is 3.90. The lowest BCUT2D eigenvalue weighted by molar-refractivity contribution is 0.0699. The number of imidazole rings is 1. The number of hydrogen-bond acceptors (Lipinski definition) is 2. The van der Waals surface area contributed by atoms with E-state index in [9.17, 15) is 9.90 Å². The standard InChI is InChI=1S/C15H18N2O2/c1-3-5-13-16-14-10(15(18)19)6-4-7-11(14)17(13)12-8-9(12)2/h4,6-7,9,12H,3,5,8H2,1-2H3,(H,18,19). The maximum atomic E-state index is 11.3. The van der Waals surface area contributed by atoms with Crippen molar-refractivity contribution in [3.63, 3.8) is 0 Å². The number of benzene rings is 1. The monoisotopic (exact) mass is 258 g/mol. The first-order valence-electron chi connectivity index (χ1n) is 6.86. The van der Waals surface area contributed by atoms with Gasteiger partial charge in [0.2, 0.25) is 0 Å². The highest BCUT2D eigenvalue weighted by Crippen LogP contribution is 2.45. The lowest BCUT2D eigenvalue weighted by Gasteiger charge is -2.07. The van der Waals surface area contributed by atoms with Crippen molar-refractivity contribution in [3.8, 4) is 0 Å². The molecule has 1 fully saturated rings. The van der Waals surface area contributed by atoms with Crippen LogP contribution >= 0.6 is 0 Å². The molecule has 2 unspecified atom stereocenters. The maximum absolute atomic E-state index is 11.3. The molecule has 19 heavy (non-hydrogen) atoms. The Bertz CT molecular complexity index is 645. The van der Waals surface area contributed by atoms with E-state index in [1.54, 1.807) is 6.07 Å². The van der Waals surface area contributed by atoms with E-state index in [0.717, 1.165) is 24.2 Å². The van der Waals surface area contributed by atoms with Crippen LogP contribution in [-0.2, 0) is 6.42 Å². The van der Waals surface area contributed by atoms with Crippen LogP contribution in [0.2, 0.25) is 0 Å². The van der Waals surface area contributed by atoms with E-state index in [1.807, 2.05) is 12.1 Å². The normalized spacial score (nSPS) is 21.8. The highest BCUT2D eigenvalue weighted by Gasteiger charge is 2.37. The zero-order chi connectivity index (χ0) is 13.6. The molecule has 0 spiro atoms. The van der Waals surface area contributed by atoms with Crippen molar-refractivity contribution in [2.45, 2.75) is 39.2 Å². The van der Waals surface area contributed by atoms with E-state index < -0.39 is 5.97 Å². The first-order chi connectivity index (χ1) is 9.13. The van der Waals surface area contributed by atoms with Crippen LogP contribution in [0.1, 0.15) is 48.9 Å². The van der Waals surface area contributed by atoms with Gasteiger partial charge in [0.05, 0.1) is 11.1 Å². The summed E-state index contributed by atoms with van der Waals surface area (Å²) in [4.78, 5) is 15.9. The minimum atomic E-state index is -0.901. The van der Waals surface area contributed by atoms with E-state index >= 15 is 0 Å². The van der Waals surface area contributed by atoms with Crippen molar-refractivity contribution in [1.82, 2.24) is 9.55 Å². The number of nitrogens with zero attached hydrogens (tertiary/aromatic N) is 2. The number of hydrogen-bond donors (Lipinski definition) is 1. The fraction of sp³-hybridized carbons (Fsp3) is 0.467.